The highest BCUT2D eigenvalue weighted by molar-refractivity contribution is 6.05. The number of hydrogen-bond donors (Lipinski definition) is 1. The van der Waals surface area contributed by atoms with Gasteiger partial charge in [-0.25, -0.2) is 0 Å². The summed E-state index contributed by atoms with van der Waals surface area (Å²) in [6.45, 7) is 0. The Hall–Kier alpha value is -2.13. The fourth-order valence-electron chi connectivity index (χ4n) is 2.39. The van der Waals surface area contributed by atoms with Crippen LogP contribution in [0.4, 0.5) is 5.69 Å². The number of rotatable bonds is 2. The fourth-order valence-corrected chi connectivity index (χ4v) is 2.39. The van der Waals surface area contributed by atoms with Gasteiger partial charge in [0.25, 0.3) is 0 Å². The normalized spacial score (nSPS) is 22.7. The average molecular weight is 238 g/mol. The van der Waals surface area contributed by atoms with Crippen LogP contribution >= 0.6 is 0 Å². The van der Waals surface area contributed by atoms with Gasteiger partial charge in [-0.15, -0.1) is 0 Å². The average Bonchev–Trinajstić information content (AvgIpc) is 2.45. The Morgan fingerprint density at radius 1 is 0.889 bits per heavy atom. The van der Waals surface area contributed by atoms with E-state index in [0.29, 0.717) is 0 Å². The lowest BCUT2D eigenvalue weighted by Crippen LogP contribution is -2.63. The van der Waals surface area contributed by atoms with Crippen LogP contribution in [0.1, 0.15) is 11.6 Å². The van der Waals surface area contributed by atoms with Gasteiger partial charge in [0.15, 0.2) is 0 Å². The number of para-hydroxylation sites is 1. The monoisotopic (exact) mass is 238 g/mol. The van der Waals surface area contributed by atoms with Gasteiger partial charge in [0, 0.05) is 5.69 Å². The largest absolute Gasteiger partial charge is 0.318 e. The van der Waals surface area contributed by atoms with Gasteiger partial charge in [0.05, 0.1) is 6.04 Å². The Balaban J connectivity index is 1.97. The third-order valence-corrected chi connectivity index (χ3v) is 3.32. The molecule has 2 aromatic rings. The predicted molar refractivity (Wildman–Crippen MR) is 71.1 cm³/mol. The molecule has 90 valence electrons. The second-order valence-corrected chi connectivity index (χ2v) is 4.43. The van der Waals surface area contributed by atoms with E-state index < -0.39 is 6.04 Å². The topological polar surface area (TPSA) is 46.3 Å². The van der Waals surface area contributed by atoms with Crippen LogP contribution in [0.3, 0.4) is 0 Å². The molecule has 3 rings (SSSR count). The second-order valence-electron chi connectivity index (χ2n) is 4.43. The molecule has 0 aromatic heterocycles. The third kappa shape index (κ3) is 1.60. The van der Waals surface area contributed by atoms with E-state index in [1.807, 2.05) is 60.7 Å². The molecule has 2 atom stereocenters. The molecular formula is C15H14N2O. The number of anilines is 1. The number of amides is 1. The molecule has 0 spiro atoms. The number of hydrogen-bond acceptors (Lipinski definition) is 2. The van der Waals surface area contributed by atoms with E-state index >= 15 is 0 Å². The molecule has 1 aliphatic rings. The molecule has 0 unspecified atom stereocenters. The smallest absolute Gasteiger partial charge is 0.247 e. The van der Waals surface area contributed by atoms with E-state index in [4.69, 9.17) is 5.73 Å². The lowest BCUT2D eigenvalue weighted by molar-refractivity contribution is -0.126. The zero-order chi connectivity index (χ0) is 12.5. The summed E-state index contributed by atoms with van der Waals surface area (Å²) in [5.41, 5.74) is 7.91. The van der Waals surface area contributed by atoms with E-state index in [1.165, 1.54) is 0 Å². The van der Waals surface area contributed by atoms with E-state index in [0.717, 1.165) is 11.3 Å². The minimum Gasteiger partial charge on any atom is -0.318 e. The predicted octanol–water partition coefficient (Wildman–Crippen LogP) is 2.10. The Bertz CT molecular complexity index is 553. The van der Waals surface area contributed by atoms with E-state index in [1.54, 1.807) is 4.90 Å². The fraction of sp³-hybridized carbons (Fsp3) is 0.133. The summed E-state index contributed by atoms with van der Waals surface area (Å²) in [4.78, 5) is 13.7. The Morgan fingerprint density at radius 2 is 1.44 bits per heavy atom. The zero-order valence-electron chi connectivity index (χ0n) is 9.86. The molecule has 1 saturated heterocycles. The summed E-state index contributed by atoms with van der Waals surface area (Å²) in [7, 11) is 0. The molecule has 1 amide bonds. The SMILES string of the molecule is N[C@@H]1C(=O)N(c2ccccc2)[C@@H]1c1ccccc1. The van der Waals surface area contributed by atoms with Gasteiger partial charge in [-0.3, -0.25) is 4.79 Å². The molecule has 0 bridgehead atoms. The molecule has 1 heterocycles. The van der Waals surface area contributed by atoms with Crippen molar-refractivity contribution in [3.8, 4) is 0 Å². The molecule has 0 saturated carbocycles. The van der Waals surface area contributed by atoms with Crippen LogP contribution in [-0.2, 0) is 4.79 Å². The third-order valence-electron chi connectivity index (χ3n) is 3.32. The Labute approximate surface area is 106 Å². The minimum absolute atomic E-state index is 0.0185. The number of nitrogens with zero attached hydrogens (tertiary/aromatic N) is 1. The van der Waals surface area contributed by atoms with Crippen LogP contribution in [0.5, 0.6) is 0 Å². The highest BCUT2D eigenvalue weighted by Gasteiger charge is 2.46. The van der Waals surface area contributed by atoms with Gasteiger partial charge in [-0.1, -0.05) is 48.5 Å². The quantitative estimate of drug-likeness (QED) is 0.814. The number of carbonyl (C=O) groups is 1. The molecule has 18 heavy (non-hydrogen) atoms. The van der Waals surface area contributed by atoms with Gasteiger partial charge < -0.3 is 10.6 Å². The Morgan fingerprint density at radius 3 is 2.06 bits per heavy atom. The lowest BCUT2D eigenvalue weighted by Gasteiger charge is -2.45. The van der Waals surface area contributed by atoms with Crippen LogP contribution < -0.4 is 10.6 Å². The van der Waals surface area contributed by atoms with Crippen LogP contribution in [-0.4, -0.2) is 11.9 Å². The van der Waals surface area contributed by atoms with Gasteiger partial charge in [-0.2, -0.15) is 0 Å². The Kier molecular flexibility index (Phi) is 2.61. The maximum Gasteiger partial charge on any atom is 0.247 e. The first-order valence-corrected chi connectivity index (χ1v) is 5.97. The molecule has 3 nitrogen and oxygen atoms in total. The number of benzene rings is 2. The van der Waals surface area contributed by atoms with Crippen molar-refractivity contribution in [3.05, 3.63) is 66.2 Å². The van der Waals surface area contributed by atoms with Crippen molar-refractivity contribution in [3.63, 3.8) is 0 Å². The van der Waals surface area contributed by atoms with Crippen molar-refractivity contribution >= 4 is 11.6 Å². The van der Waals surface area contributed by atoms with Crippen molar-refractivity contribution in [1.29, 1.82) is 0 Å². The maximum atomic E-state index is 11.9. The summed E-state index contributed by atoms with van der Waals surface area (Å²) in [5.74, 6) is -0.0185. The van der Waals surface area contributed by atoms with Gasteiger partial charge in [-0.05, 0) is 17.7 Å². The van der Waals surface area contributed by atoms with Gasteiger partial charge in [0.2, 0.25) is 5.91 Å². The molecular weight excluding hydrogens is 224 g/mol. The first-order valence-electron chi connectivity index (χ1n) is 5.97. The lowest BCUT2D eigenvalue weighted by atomic mass is 9.88. The summed E-state index contributed by atoms with van der Waals surface area (Å²) >= 11 is 0. The highest BCUT2D eigenvalue weighted by atomic mass is 16.2. The summed E-state index contributed by atoms with van der Waals surface area (Å²) in [5, 5.41) is 0. The maximum absolute atomic E-state index is 11.9. The number of carbonyl (C=O) groups excluding carboxylic acids is 1. The first-order chi connectivity index (χ1) is 8.79. The molecule has 2 aromatic carbocycles. The van der Waals surface area contributed by atoms with Crippen LogP contribution in [0, 0.1) is 0 Å². The minimum atomic E-state index is -0.437. The molecule has 1 aliphatic heterocycles. The summed E-state index contributed by atoms with van der Waals surface area (Å²) in [6, 6.07) is 19.1. The van der Waals surface area contributed by atoms with Crippen LogP contribution in [0.25, 0.3) is 0 Å². The van der Waals surface area contributed by atoms with Crippen LogP contribution in [0.15, 0.2) is 60.7 Å². The second kappa shape index (κ2) is 4.27. The van der Waals surface area contributed by atoms with Crippen molar-refractivity contribution in [2.45, 2.75) is 12.1 Å². The molecule has 1 fully saturated rings. The van der Waals surface area contributed by atoms with E-state index in [9.17, 15) is 4.79 Å². The molecule has 2 N–H and O–H groups in total. The summed E-state index contributed by atoms with van der Waals surface area (Å²) in [6.07, 6.45) is 0. The van der Waals surface area contributed by atoms with Crippen molar-refractivity contribution in [2.75, 3.05) is 4.90 Å². The van der Waals surface area contributed by atoms with Crippen molar-refractivity contribution in [2.24, 2.45) is 5.73 Å². The van der Waals surface area contributed by atoms with Gasteiger partial charge in [0.1, 0.15) is 6.04 Å². The molecule has 3 heteroatoms. The standard InChI is InChI=1S/C15H14N2O/c16-13-14(11-7-3-1-4-8-11)17(15(13)18)12-9-5-2-6-10-12/h1-10,13-14H,16H2/t13-,14+/m0/s1. The van der Waals surface area contributed by atoms with Gasteiger partial charge >= 0.3 is 0 Å². The highest BCUT2D eigenvalue weighted by Crippen LogP contribution is 2.37. The first kappa shape index (κ1) is 11.0. The molecule has 0 radical (unpaired) electrons. The summed E-state index contributed by atoms with van der Waals surface area (Å²) < 4.78 is 0. The number of β-lactam (4-membered cyclic amide) rings is 1. The van der Waals surface area contributed by atoms with Crippen molar-refractivity contribution < 1.29 is 4.79 Å². The molecule has 0 aliphatic carbocycles. The zero-order valence-corrected chi connectivity index (χ0v) is 9.86. The van der Waals surface area contributed by atoms with E-state index in [-0.39, 0.29) is 11.9 Å². The van der Waals surface area contributed by atoms with E-state index in [2.05, 4.69) is 0 Å². The number of nitrogens with two attached hydrogens (primary N) is 1. The van der Waals surface area contributed by atoms with Crippen molar-refractivity contribution in [1.82, 2.24) is 0 Å². The van der Waals surface area contributed by atoms with Crippen LogP contribution in [0.2, 0.25) is 0 Å².